The summed E-state index contributed by atoms with van der Waals surface area (Å²) in [4.78, 5) is 17.3. The Morgan fingerprint density at radius 3 is 2.82 bits per heavy atom. The monoisotopic (exact) mass is 523 g/mol. The molecule has 1 amide bonds. The number of nitriles is 1. The smallest absolute Gasteiger partial charge is 0.298 e. The number of benzene rings is 2. The third-order valence-electron chi connectivity index (χ3n) is 10.1. The molecule has 2 heterocycles. The van der Waals surface area contributed by atoms with Gasteiger partial charge in [-0.1, -0.05) is 24.1 Å². The first-order valence-corrected chi connectivity index (χ1v) is 14.0. The zero-order chi connectivity index (χ0) is 27.1. The zero-order valence-electron chi connectivity index (χ0n) is 22.4. The number of piperidine rings is 1. The first kappa shape index (κ1) is 24.5. The second kappa shape index (κ2) is 8.49. The summed E-state index contributed by atoms with van der Waals surface area (Å²) in [5, 5.41) is 33.9. The number of phenols is 1. The van der Waals surface area contributed by atoms with E-state index in [1.54, 1.807) is 18.0 Å². The van der Waals surface area contributed by atoms with Crippen LogP contribution in [0.5, 0.6) is 11.5 Å². The number of aromatic hydroxyl groups is 1. The number of carbonyl (C=O) groups is 1. The summed E-state index contributed by atoms with van der Waals surface area (Å²) < 4.78 is 6.58. The molecule has 3 fully saturated rings. The second-order valence-electron chi connectivity index (χ2n) is 12.2. The SMILES string of the molecule is Cc1cccc(C#CC(=O)N(C)[C@@H]2CC[C@@]3(O)[C@H]4Cc5ccc(O)c6c5[C@@]3(CC(C#N)N4CC3CC3)[C@H]2O6)c1. The minimum Gasteiger partial charge on any atom is -0.504 e. The van der Waals surface area contributed by atoms with Crippen LogP contribution in [0.1, 0.15) is 54.4 Å². The molecule has 7 rings (SSSR count). The standard InChI is InChI=1S/C32H33N3O4/c1-19-4-3-5-20(14-19)8-11-27(37)34(2)24-12-13-32(38)26-15-22-9-10-25(36)29-28(22)31(32,30(24)39-29)16-23(17-33)35(26)18-21-6-7-21/h3-5,9-10,14,21,23-24,26,30,36,38H,6-7,12-13,15-16,18H2,1-2H3/t23?,24-,26-,30+,31+,32-/m1/s1. The lowest BCUT2D eigenvalue weighted by Gasteiger charge is -2.65. The topological polar surface area (TPSA) is 97.0 Å². The van der Waals surface area contributed by atoms with Crippen LogP contribution < -0.4 is 4.74 Å². The predicted octanol–water partition coefficient (Wildman–Crippen LogP) is 3.04. The van der Waals surface area contributed by atoms with Gasteiger partial charge >= 0.3 is 0 Å². The molecule has 1 saturated heterocycles. The summed E-state index contributed by atoms with van der Waals surface area (Å²) >= 11 is 0. The molecule has 2 aromatic rings. The lowest BCUT2D eigenvalue weighted by Crippen LogP contribution is -2.79. The highest BCUT2D eigenvalue weighted by atomic mass is 16.5. The van der Waals surface area contributed by atoms with Gasteiger partial charge in [-0.3, -0.25) is 9.69 Å². The van der Waals surface area contributed by atoms with Crippen molar-refractivity contribution in [3.63, 3.8) is 0 Å². The van der Waals surface area contributed by atoms with E-state index in [4.69, 9.17) is 4.74 Å². The van der Waals surface area contributed by atoms with Crippen molar-refractivity contribution in [2.75, 3.05) is 13.6 Å². The number of rotatable bonds is 3. The highest BCUT2D eigenvalue weighted by molar-refractivity contribution is 5.94. The van der Waals surface area contributed by atoms with E-state index in [1.165, 1.54) is 12.8 Å². The number of aryl methyl sites for hydroxylation is 1. The summed E-state index contributed by atoms with van der Waals surface area (Å²) in [7, 11) is 1.75. The first-order chi connectivity index (χ1) is 18.8. The van der Waals surface area contributed by atoms with Gasteiger partial charge in [-0.05, 0) is 80.7 Å². The fraction of sp³-hybridized carbons (Fsp3) is 0.500. The Morgan fingerprint density at radius 1 is 1.26 bits per heavy atom. The van der Waals surface area contributed by atoms with Gasteiger partial charge in [-0.15, -0.1) is 0 Å². The van der Waals surface area contributed by atoms with Gasteiger partial charge in [0.2, 0.25) is 0 Å². The van der Waals surface area contributed by atoms with Crippen molar-refractivity contribution in [3.05, 3.63) is 58.7 Å². The Bertz CT molecular complexity index is 1480. The van der Waals surface area contributed by atoms with E-state index in [0.29, 0.717) is 37.4 Å². The number of amides is 1. The van der Waals surface area contributed by atoms with Crippen molar-refractivity contribution < 1.29 is 19.7 Å². The highest BCUT2D eigenvalue weighted by Gasteiger charge is 2.75. The average Bonchev–Trinajstić information content (AvgIpc) is 3.67. The Hall–Kier alpha value is -3.52. The molecular formula is C32H33N3O4. The van der Waals surface area contributed by atoms with Crippen molar-refractivity contribution in [2.45, 2.75) is 80.7 Å². The molecule has 1 spiro atoms. The number of carbonyl (C=O) groups excluding carboxylic acids is 1. The molecule has 2 bridgehead atoms. The molecule has 3 aliphatic carbocycles. The molecule has 6 atom stereocenters. The highest BCUT2D eigenvalue weighted by Crippen LogP contribution is 2.66. The van der Waals surface area contributed by atoms with E-state index >= 15 is 0 Å². The lowest BCUT2D eigenvalue weighted by molar-refractivity contribution is -0.207. The van der Waals surface area contributed by atoms with Gasteiger partial charge in [-0.2, -0.15) is 5.26 Å². The van der Waals surface area contributed by atoms with Gasteiger partial charge in [0.1, 0.15) is 6.10 Å². The minimum atomic E-state index is -1.13. The van der Waals surface area contributed by atoms with Gasteiger partial charge < -0.3 is 19.8 Å². The molecule has 1 unspecified atom stereocenters. The molecule has 2 N–H and O–H groups in total. The maximum Gasteiger partial charge on any atom is 0.298 e. The predicted molar refractivity (Wildman–Crippen MR) is 144 cm³/mol. The van der Waals surface area contributed by atoms with Crippen molar-refractivity contribution in [1.29, 1.82) is 5.26 Å². The zero-order valence-corrected chi connectivity index (χ0v) is 22.4. The Labute approximate surface area is 229 Å². The van der Waals surface area contributed by atoms with E-state index in [2.05, 4.69) is 22.8 Å². The third-order valence-corrected chi connectivity index (χ3v) is 10.1. The third kappa shape index (κ3) is 3.40. The van der Waals surface area contributed by atoms with Gasteiger partial charge in [0, 0.05) is 36.7 Å². The van der Waals surface area contributed by atoms with E-state index in [9.17, 15) is 20.3 Å². The van der Waals surface area contributed by atoms with Crippen molar-refractivity contribution in [3.8, 4) is 29.4 Å². The van der Waals surface area contributed by atoms with Crippen LogP contribution in [-0.2, 0) is 16.6 Å². The van der Waals surface area contributed by atoms with Gasteiger partial charge in [0.15, 0.2) is 11.5 Å². The number of nitrogens with zero attached hydrogens (tertiary/aromatic N) is 3. The number of phenolic OH excluding ortho intramolecular Hbond substituents is 1. The molecule has 200 valence electrons. The number of ether oxygens (including phenoxy) is 1. The molecule has 7 nitrogen and oxygen atoms in total. The van der Waals surface area contributed by atoms with Crippen molar-refractivity contribution in [1.82, 2.24) is 9.80 Å². The summed E-state index contributed by atoms with van der Waals surface area (Å²) in [6.45, 7) is 2.81. The van der Waals surface area contributed by atoms with Crippen LogP contribution in [-0.4, -0.2) is 69.3 Å². The molecule has 2 saturated carbocycles. The van der Waals surface area contributed by atoms with E-state index < -0.39 is 17.1 Å². The summed E-state index contributed by atoms with van der Waals surface area (Å²) in [6.07, 6.45) is 3.81. The van der Waals surface area contributed by atoms with Crippen LogP contribution >= 0.6 is 0 Å². The summed E-state index contributed by atoms with van der Waals surface area (Å²) in [6, 6.07) is 13.0. The van der Waals surface area contributed by atoms with Crippen molar-refractivity contribution in [2.24, 2.45) is 5.92 Å². The Balaban J connectivity index is 1.30. The number of likely N-dealkylation sites (N-methyl/N-ethyl adjacent to an activating group) is 1. The van der Waals surface area contributed by atoms with Crippen LogP contribution in [0.3, 0.4) is 0 Å². The van der Waals surface area contributed by atoms with Gasteiger partial charge in [0.05, 0.1) is 29.2 Å². The summed E-state index contributed by atoms with van der Waals surface area (Å²) in [5.74, 6) is 6.50. The second-order valence-corrected chi connectivity index (χ2v) is 12.2. The molecule has 39 heavy (non-hydrogen) atoms. The fourth-order valence-electron chi connectivity index (χ4n) is 8.10. The maximum atomic E-state index is 13.4. The Kier molecular flexibility index (Phi) is 5.34. The molecule has 2 aliphatic heterocycles. The normalized spacial score (nSPS) is 33.7. The fourth-order valence-corrected chi connectivity index (χ4v) is 8.10. The average molecular weight is 524 g/mol. The number of hydrogen-bond acceptors (Lipinski definition) is 6. The molecule has 0 radical (unpaired) electrons. The van der Waals surface area contributed by atoms with E-state index in [0.717, 1.165) is 28.8 Å². The van der Waals surface area contributed by atoms with Crippen molar-refractivity contribution >= 4 is 5.91 Å². The maximum absolute atomic E-state index is 13.4. The Morgan fingerprint density at radius 2 is 2.08 bits per heavy atom. The van der Waals surface area contributed by atoms with Crippen LogP contribution in [0.2, 0.25) is 0 Å². The first-order valence-electron chi connectivity index (χ1n) is 14.0. The summed E-state index contributed by atoms with van der Waals surface area (Å²) in [5.41, 5.74) is 1.75. The number of aliphatic hydroxyl groups is 1. The molecular weight excluding hydrogens is 490 g/mol. The minimum absolute atomic E-state index is 0.0409. The molecule has 5 aliphatic rings. The molecule has 2 aromatic carbocycles. The van der Waals surface area contributed by atoms with E-state index in [-0.39, 0.29) is 29.8 Å². The van der Waals surface area contributed by atoms with Crippen LogP contribution in [0, 0.1) is 36.0 Å². The lowest BCUT2D eigenvalue weighted by atomic mass is 9.47. The number of hydrogen-bond donors (Lipinski definition) is 2. The van der Waals surface area contributed by atoms with Crippen LogP contribution in [0.4, 0.5) is 0 Å². The van der Waals surface area contributed by atoms with Gasteiger partial charge in [-0.25, -0.2) is 0 Å². The molecule has 0 aromatic heterocycles. The van der Waals surface area contributed by atoms with Gasteiger partial charge in [0.25, 0.3) is 5.91 Å². The number of likely N-dealkylation sites (tertiary alicyclic amines) is 1. The molecule has 7 heteroatoms. The van der Waals surface area contributed by atoms with E-state index in [1.807, 2.05) is 37.3 Å². The van der Waals surface area contributed by atoms with Crippen LogP contribution in [0.15, 0.2) is 36.4 Å². The van der Waals surface area contributed by atoms with Crippen LogP contribution in [0.25, 0.3) is 0 Å². The largest absolute Gasteiger partial charge is 0.504 e. The quantitative estimate of drug-likeness (QED) is 0.601.